The Morgan fingerprint density at radius 1 is 1.73 bits per heavy atom. The molecule has 0 spiro atoms. The minimum Gasteiger partial charge on any atom is -0.478 e. The van der Waals surface area contributed by atoms with Crippen LogP contribution in [0.15, 0.2) is 11.1 Å². The summed E-state index contributed by atoms with van der Waals surface area (Å²) in [5, 5.41) is 8.67. The highest BCUT2D eigenvalue weighted by molar-refractivity contribution is 5.92. The highest BCUT2D eigenvalue weighted by Gasteiger charge is 2.27. The third kappa shape index (κ3) is 1.31. The zero-order chi connectivity index (χ0) is 8.43. The normalized spacial score (nSPS) is 23.9. The molecule has 1 aliphatic carbocycles. The molecule has 1 rings (SSSR count). The van der Waals surface area contributed by atoms with Crippen LogP contribution in [0.5, 0.6) is 0 Å². The van der Waals surface area contributed by atoms with Gasteiger partial charge in [0.2, 0.25) is 0 Å². The minimum absolute atomic E-state index is 0.306. The van der Waals surface area contributed by atoms with Gasteiger partial charge in [-0.3, -0.25) is 0 Å². The summed E-state index contributed by atoms with van der Waals surface area (Å²) in [6.45, 7) is 1.77. The average Bonchev–Trinajstić information content (AvgIpc) is 2.30. The molecule has 11 heavy (non-hydrogen) atoms. The van der Waals surface area contributed by atoms with Crippen LogP contribution in [0.1, 0.15) is 19.8 Å². The summed E-state index contributed by atoms with van der Waals surface area (Å²) in [6, 6.07) is 0. The van der Waals surface area contributed by atoms with Gasteiger partial charge >= 0.3 is 5.97 Å². The highest BCUT2D eigenvalue weighted by atomic mass is 16.4. The fourth-order valence-corrected chi connectivity index (χ4v) is 1.44. The molecule has 1 aliphatic rings. The molecule has 0 saturated carbocycles. The van der Waals surface area contributed by atoms with Crippen LogP contribution in [0.3, 0.4) is 0 Å². The molecule has 3 nitrogen and oxygen atoms in total. The van der Waals surface area contributed by atoms with Crippen molar-refractivity contribution in [3.05, 3.63) is 11.1 Å². The van der Waals surface area contributed by atoms with E-state index < -0.39 is 5.97 Å². The third-order valence-electron chi connectivity index (χ3n) is 2.06. The van der Waals surface area contributed by atoms with E-state index in [4.69, 9.17) is 5.11 Å². The van der Waals surface area contributed by atoms with Gasteiger partial charge in [-0.25, -0.2) is 4.79 Å². The van der Waals surface area contributed by atoms with Gasteiger partial charge in [0.05, 0.1) is 0 Å². The first kappa shape index (κ1) is 7.98. The van der Waals surface area contributed by atoms with E-state index in [2.05, 4.69) is 0 Å². The Morgan fingerprint density at radius 2 is 2.36 bits per heavy atom. The Morgan fingerprint density at radius 3 is 2.73 bits per heavy atom. The van der Waals surface area contributed by atoms with E-state index >= 15 is 0 Å². The quantitative estimate of drug-likeness (QED) is 0.603. The lowest BCUT2D eigenvalue weighted by molar-refractivity contribution is -0.134. The number of rotatable bonds is 2. The molecule has 60 valence electrons. The molecule has 0 aliphatic heterocycles. The summed E-state index contributed by atoms with van der Waals surface area (Å²) in [5.74, 6) is -1.32. The van der Waals surface area contributed by atoms with Crippen molar-refractivity contribution < 1.29 is 14.7 Å². The Bertz CT molecular complexity index is 227. The molecule has 3 heteroatoms. The van der Waals surface area contributed by atoms with Gasteiger partial charge in [0.1, 0.15) is 6.29 Å². The maximum absolute atomic E-state index is 10.6. The van der Waals surface area contributed by atoms with Crippen LogP contribution < -0.4 is 0 Å². The molecule has 0 bridgehead atoms. The van der Waals surface area contributed by atoms with Gasteiger partial charge in [-0.1, -0.05) is 5.57 Å². The molecule has 0 heterocycles. The van der Waals surface area contributed by atoms with Gasteiger partial charge in [-0.2, -0.15) is 0 Å². The molecule has 1 N–H and O–H groups in total. The number of carboxylic acids is 1. The Balaban J connectivity index is 2.93. The van der Waals surface area contributed by atoms with Crippen LogP contribution in [-0.2, 0) is 9.59 Å². The lowest BCUT2D eigenvalue weighted by atomic mass is 10.0. The molecule has 1 unspecified atom stereocenters. The van der Waals surface area contributed by atoms with E-state index in [9.17, 15) is 9.59 Å². The average molecular weight is 154 g/mol. The van der Waals surface area contributed by atoms with Crippen molar-refractivity contribution >= 4 is 12.3 Å². The Kier molecular flexibility index (Phi) is 2.08. The van der Waals surface area contributed by atoms with Crippen LogP contribution in [0.25, 0.3) is 0 Å². The molecule has 0 radical (unpaired) electrons. The summed E-state index contributed by atoms with van der Waals surface area (Å²) in [6.07, 6.45) is 2.13. The highest BCUT2D eigenvalue weighted by Crippen LogP contribution is 2.30. The van der Waals surface area contributed by atoms with Crippen LogP contribution in [0, 0.1) is 5.92 Å². The first-order chi connectivity index (χ1) is 5.16. The first-order valence-corrected chi connectivity index (χ1v) is 3.55. The molecule has 1 atom stereocenters. The summed E-state index contributed by atoms with van der Waals surface area (Å²) in [5.41, 5.74) is 1.15. The number of aliphatic carboxylic acids is 1. The molecule has 0 amide bonds. The van der Waals surface area contributed by atoms with Crippen LogP contribution in [0.2, 0.25) is 0 Å². The first-order valence-electron chi connectivity index (χ1n) is 3.55. The number of carbonyl (C=O) groups excluding carboxylic acids is 1. The number of hydrogen-bond acceptors (Lipinski definition) is 2. The number of hydrogen-bond donors (Lipinski definition) is 1. The molecule has 0 fully saturated rings. The van der Waals surface area contributed by atoms with Gasteiger partial charge in [-0.15, -0.1) is 0 Å². The Labute approximate surface area is 64.7 Å². The minimum atomic E-state index is -0.947. The van der Waals surface area contributed by atoms with E-state index in [1.165, 1.54) is 0 Å². The van der Waals surface area contributed by atoms with E-state index in [1.54, 1.807) is 6.92 Å². The fourth-order valence-electron chi connectivity index (χ4n) is 1.44. The molecule has 0 aromatic rings. The van der Waals surface area contributed by atoms with E-state index in [1.807, 2.05) is 0 Å². The van der Waals surface area contributed by atoms with Crippen molar-refractivity contribution in [2.75, 3.05) is 0 Å². The monoisotopic (exact) mass is 154 g/mol. The van der Waals surface area contributed by atoms with E-state index in [0.29, 0.717) is 12.0 Å². The lowest BCUT2D eigenvalue weighted by Gasteiger charge is -2.01. The van der Waals surface area contributed by atoms with Gasteiger partial charge < -0.3 is 9.90 Å². The molecule has 0 saturated heterocycles. The van der Waals surface area contributed by atoms with Gasteiger partial charge in [-0.05, 0) is 19.8 Å². The SMILES string of the molecule is CC1=C(C(=O)O)C(C=O)CC1. The maximum atomic E-state index is 10.6. The second kappa shape index (κ2) is 2.86. The fraction of sp³-hybridized carbons (Fsp3) is 0.500. The summed E-state index contributed by atoms with van der Waals surface area (Å²) in [4.78, 5) is 20.9. The summed E-state index contributed by atoms with van der Waals surface area (Å²) < 4.78 is 0. The second-order valence-corrected chi connectivity index (χ2v) is 2.78. The molecule has 0 aromatic carbocycles. The van der Waals surface area contributed by atoms with Gasteiger partial charge in [0, 0.05) is 11.5 Å². The molecule has 0 aromatic heterocycles. The topological polar surface area (TPSA) is 54.4 Å². The maximum Gasteiger partial charge on any atom is 0.332 e. The number of carbonyl (C=O) groups is 2. The largest absolute Gasteiger partial charge is 0.478 e. The summed E-state index contributed by atoms with van der Waals surface area (Å²) in [7, 11) is 0. The van der Waals surface area contributed by atoms with Crippen molar-refractivity contribution in [2.24, 2.45) is 5.92 Å². The predicted octanol–water partition coefficient (Wildman–Crippen LogP) is 0.996. The molecular weight excluding hydrogens is 144 g/mol. The number of allylic oxidation sites excluding steroid dienone is 1. The van der Waals surface area contributed by atoms with Crippen molar-refractivity contribution in [3.63, 3.8) is 0 Å². The van der Waals surface area contributed by atoms with Crippen molar-refractivity contribution in [2.45, 2.75) is 19.8 Å². The Hall–Kier alpha value is -1.12. The second-order valence-electron chi connectivity index (χ2n) is 2.78. The lowest BCUT2D eigenvalue weighted by Crippen LogP contribution is -2.10. The smallest absolute Gasteiger partial charge is 0.332 e. The van der Waals surface area contributed by atoms with Crippen LogP contribution in [-0.4, -0.2) is 17.4 Å². The zero-order valence-electron chi connectivity index (χ0n) is 6.33. The van der Waals surface area contributed by atoms with Gasteiger partial charge in [0.25, 0.3) is 0 Å². The van der Waals surface area contributed by atoms with Gasteiger partial charge in [0.15, 0.2) is 0 Å². The van der Waals surface area contributed by atoms with Crippen molar-refractivity contribution in [3.8, 4) is 0 Å². The number of aldehydes is 1. The summed E-state index contributed by atoms with van der Waals surface area (Å²) >= 11 is 0. The zero-order valence-corrected chi connectivity index (χ0v) is 6.33. The van der Waals surface area contributed by atoms with E-state index in [-0.39, 0.29) is 5.92 Å². The standard InChI is InChI=1S/C8H10O3/c1-5-2-3-6(4-9)7(5)8(10)11/h4,6H,2-3H2,1H3,(H,10,11). The third-order valence-corrected chi connectivity index (χ3v) is 2.06. The van der Waals surface area contributed by atoms with Crippen LogP contribution >= 0.6 is 0 Å². The van der Waals surface area contributed by atoms with Crippen molar-refractivity contribution in [1.82, 2.24) is 0 Å². The molecular formula is C8H10O3. The van der Waals surface area contributed by atoms with Crippen molar-refractivity contribution in [1.29, 1.82) is 0 Å². The van der Waals surface area contributed by atoms with Crippen LogP contribution in [0.4, 0.5) is 0 Å². The number of carboxylic acid groups (broad SMARTS) is 1. The predicted molar refractivity (Wildman–Crippen MR) is 39.1 cm³/mol. The van der Waals surface area contributed by atoms with E-state index in [0.717, 1.165) is 18.3 Å².